The summed E-state index contributed by atoms with van der Waals surface area (Å²) in [6.07, 6.45) is 39.3. The average Bonchev–Trinajstić information content (AvgIpc) is 3.10. The summed E-state index contributed by atoms with van der Waals surface area (Å²) in [6.45, 7) is 4.83. The van der Waals surface area contributed by atoms with Crippen molar-refractivity contribution < 1.29 is 83.4 Å². The third kappa shape index (κ3) is 28.3. The van der Waals surface area contributed by atoms with Crippen LogP contribution in [0.3, 0.4) is 0 Å². The van der Waals surface area contributed by atoms with Gasteiger partial charge in [-0.1, -0.05) is 141 Å². The number of hydrogen-bond donors (Lipinski definition) is 0. The topological polar surface area (TPSA) is 110 Å². The molecule has 1 rings (SSSR count). The Morgan fingerprint density at radius 3 is 1.24 bits per heavy atom. The molecule has 1 aromatic rings. The summed E-state index contributed by atoms with van der Waals surface area (Å²) in [6, 6.07) is 3.12. The molecule has 0 saturated carbocycles. The molecule has 0 unspecified atom stereocenters. The van der Waals surface area contributed by atoms with E-state index in [9.17, 15) is 22.6 Å². The van der Waals surface area contributed by atoms with E-state index in [0.717, 1.165) is 69.6 Å². The van der Waals surface area contributed by atoms with Gasteiger partial charge in [-0.25, -0.2) is 18.0 Å². The minimum absolute atomic E-state index is 0. The number of ether oxygens (including phenoxy) is 2. The zero-order valence-electron chi connectivity index (χ0n) is 32.6. The van der Waals surface area contributed by atoms with Crippen LogP contribution in [0.25, 0.3) is 0 Å². The molecule has 0 bridgehead atoms. The van der Waals surface area contributed by atoms with Crippen molar-refractivity contribution in [3.8, 4) is 0 Å². The second-order valence-corrected chi connectivity index (χ2v) is 15.0. The maximum Gasteiger partial charge on any atom is 1.00 e. The van der Waals surface area contributed by atoms with Crippen LogP contribution in [0.1, 0.15) is 202 Å². The van der Waals surface area contributed by atoms with Crippen molar-refractivity contribution in [1.29, 1.82) is 0 Å². The van der Waals surface area contributed by atoms with Crippen LogP contribution < -0.4 is 51.4 Å². The van der Waals surface area contributed by atoms with Gasteiger partial charge in [0.2, 0.25) is 0 Å². The fourth-order valence-electron chi connectivity index (χ4n) is 5.86. The summed E-state index contributed by atoms with van der Waals surface area (Å²) in [7, 11) is -4.81. The van der Waals surface area contributed by atoms with Gasteiger partial charge in [-0.3, -0.25) is 0 Å². The van der Waals surface area contributed by atoms with E-state index in [4.69, 9.17) is 9.47 Å². The molecule has 0 heterocycles. The Balaban J connectivity index is 0.0000250. The molecule has 0 aliphatic carbocycles. The van der Waals surface area contributed by atoms with E-state index in [1.807, 2.05) is 0 Å². The number of hydrogen-bond acceptors (Lipinski definition) is 7. The van der Waals surface area contributed by atoms with E-state index in [0.29, 0.717) is 12.8 Å². The van der Waals surface area contributed by atoms with E-state index >= 15 is 0 Å². The number of carbonyl (C=O) groups is 2. The normalized spacial score (nSPS) is 11.7. The molecule has 286 valence electrons. The summed E-state index contributed by atoms with van der Waals surface area (Å²) in [5.41, 5.74) is -0.350. The van der Waals surface area contributed by atoms with Gasteiger partial charge in [-0.15, -0.1) is 0 Å². The molecule has 0 aliphatic heterocycles. The summed E-state index contributed by atoms with van der Waals surface area (Å²) >= 11 is 0. The van der Waals surface area contributed by atoms with Gasteiger partial charge in [-0.2, -0.15) is 0 Å². The molecule has 9 heteroatoms. The predicted molar refractivity (Wildman–Crippen MR) is 205 cm³/mol. The van der Waals surface area contributed by atoms with Crippen LogP contribution in [0.4, 0.5) is 0 Å². The Kier molecular flexibility index (Phi) is 34.4. The standard InChI is InChI=1S/C42H70O7S.K/c1-3-5-7-9-11-13-15-17-19-21-23-25-27-29-31-35-48-41(43)39-34-33-38(50(45,46)47)37-40(39)42(44)49-36-32-30-28-26-24-22-20-18-16-14-12-10-8-6-4-2;/h13-16,33-34,37H,3-12,17-32,35-36H2,1-2H3,(H,45,46,47);/q;+1/p-1/b15-13+,16-14+;. The van der Waals surface area contributed by atoms with E-state index < -0.39 is 27.0 Å². The molecule has 0 N–H and O–H groups in total. The van der Waals surface area contributed by atoms with Crippen molar-refractivity contribution in [1.82, 2.24) is 0 Å². The van der Waals surface area contributed by atoms with Gasteiger partial charge in [0, 0.05) is 0 Å². The minimum atomic E-state index is -4.81. The first-order valence-corrected chi connectivity index (χ1v) is 21.5. The zero-order valence-corrected chi connectivity index (χ0v) is 36.5. The van der Waals surface area contributed by atoms with Crippen LogP contribution in [0.5, 0.6) is 0 Å². The molecule has 0 aliphatic rings. The first-order valence-electron chi connectivity index (χ1n) is 20.0. The Hall–Kier alpha value is -0.814. The Morgan fingerprint density at radius 1 is 0.529 bits per heavy atom. The van der Waals surface area contributed by atoms with Gasteiger partial charge in [0.05, 0.1) is 29.2 Å². The number of carbonyl (C=O) groups excluding carboxylic acids is 2. The quantitative estimate of drug-likeness (QED) is 0.0231. The number of esters is 2. The molecule has 0 fully saturated rings. The van der Waals surface area contributed by atoms with Gasteiger partial charge in [0.15, 0.2) is 0 Å². The van der Waals surface area contributed by atoms with Gasteiger partial charge in [-0.05, 0) is 82.4 Å². The van der Waals surface area contributed by atoms with Crippen molar-refractivity contribution in [3.63, 3.8) is 0 Å². The van der Waals surface area contributed by atoms with Crippen LogP contribution in [0.2, 0.25) is 0 Å². The molecule has 0 amide bonds. The monoisotopic (exact) mass is 756 g/mol. The third-order valence-corrected chi connectivity index (χ3v) is 9.83. The molecule has 0 aromatic heterocycles. The number of allylic oxidation sites excluding steroid dienone is 4. The Morgan fingerprint density at radius 2 is 0.863 bits per heavy atom. The van der Waals surface area contributed by atoms with E-state index in [2.05, 4.69) is 38.2 Å². The fourth-order valence-corrected chi connectivity index (χ4v) is 6.35. The summed E-state index contributed by atoms with van der Waals surface area (Å²) < 4.78 is 45.6. The predicted octanol–water partition coefficient (Wildman–Crippen LogP) is 9.20. The van der Waals surface area contributed by atoms with E-state index in [-0.39, 0.29) is 75.7 Å². The van der Waals surface area contributed by atoms with Crippen molar-refractivity contribution in [3.05, 3.63) is 53.6 Å². The molecular formula is C42H69KO7S. The molecule has 7 nitrogen and oxygen atoms in total. The third-order valence-electron chi connectivity index (χ3n) is 9.00. The smallest absolute Gasteiger partial charge is 0.744 e. The molecule has 0 atom stereocenters. The molecular weight excluding hydrogens is 688 g/mol. The number of benzene rings is 1. The fraction of sp³-hybridized carbons (Fsp3) is 0.714. The molecule has 51 heavy (non-hydrogen) atoms. The van der Waals surface area contributed by atoms with Gasteiger partial charge < -0.3 is 14.0 Å². The first-order chi connectivity index (χ1) is 24.3. The second-order valence-electron chi connectivity index (χ2n) is 13.6. The minimum Gasteiger partial charge on any atom is -0.744 e. The molecule has 0 saturated heterocycles. The van der Waals surface area contributed by atoms with Crippen molar-refractivity contribution >= 4 is 22.1 Å². The molecule has 0 spiro atoms. The summed E-state index contributed by atoms with van der Waals surface area (Å²) in [5.74, 6) is -1.56. The Labute approximate surface area is 354 Å². The number of unbranched alkanes of at least 4 members (excludes halogenated alkanes) is 22. The number of rotatable bonds is 33. The van der Waals surface area contributed by atoms with E-state index in [1.165, 1.54) is 103 Å². The molecule has 0 radical (unpaired) electrons. The average molecular weight is 757 g/mol. The van der Waals surface area contributed by atoms with Gasteiger partial charge >= 0.3 is 63.3 Å². The molecule has 1 aromatic carbocycles. The van der Waals surface area contributed by atoms with Crippen molar-refractivity contribution in [2.24, 2.45) is 0 Å². The maximum atomic E-state index is 12.9. The zero-order chi connectivity index (χ0) is 36.5. The largest absolute Gasteiger partial charge is 1.00 e. The second kappa shape index (κ2) is 34.9. The SMILES string of the molecule is CCCCCC/C=C/CCCCCCCCCOC(=O)c1ccc(S(=O)(=O)[O-])cc1C(=O)OCCCCCCCCC/C=C/CCCCCC.[K+]. The van der Waals surface area contributed by atoms with Crippen LogP contribution in [-0.4, -0.2) is 38.1 Å². The van der Waals surface area contributed by atoms with Gasteiger partial charge in [0.25, 0.3) is 0 Å². The maximum absolute atomic E-state index is 12.9. The van der Waals surface area contributed by atoms with Crippen molar-refractivity contribution in [2.45, 2.75) is 186 Å². The van der Waals surface area contributed by atoms with Crippen LogP contribution in [0.15, 0.2) is 47.4 Å². The van der Waals surface area contributed by atoms with Crippen LogP contribution >= 0.6 is 0 Å². The van der Waals surface area contributed by atoms with Crippen molar-refractivity contribution in [2.75, 3.05) is 13.2 Å². The first kappa shape index (κ1) is 50.2. The van der Waals surface area contributed by atoms with E-state index in [1.54, 1.807) is 0 Å². The van der Waals surface area contributed by atoms with Crippen LogP contribution in [0, 0.1) is 0 Å². The summed E-state index contributed by atoms with van der Waals surface area (Å²) in [4.78, 5) is 25.1. The van der Waals surface area contributed by atoms with Crippen LogP contribution in [-0.2, 0) is 19.6 Å². The Bertz CT molecular complexity index is 1180. The summed E-state index contributed by atoms with van der Waals surface area (Å²) in [5, 5.41) is 0. The van der Waals surface area contributed by atoms with Gasteiger partial charge in [0.1, 0.15) is 10.1 Å².